The third kappa shape index (κ3) is 3.90. The number of ether oxygens (including phenoxy) is 1. The van der Waals surface area contributed by atoms with Gasteiger partial charge in [0.1, 0.15) is 9.53 Å². The lowest BCUT2D eigenvalue weighted by atomic mass is 9.87. The summed E-state index contributed by atoms with van der Waals surface area (Å²) in [6.45, 7) is 5.94. The Morgan fingerprint density at radius 2 is 2.13 bits per heavy atom. The Balaban J connectivity index is 2.59. The molecule has 0 bridgehead atoms. The number of piperidine rings is 1. The van der Waals surface area contributed by atoms with E-state index in [1.807, 2.05) is 6.92 Å². The molecule has 0 aromatic carbocycles. The summed E-state index contributed by atoms with van der Waals surface area (Å²) in [7, 11) is 0. The molecule has 1 aliphatic heterocycles. The summed E-state index contributed by atoms with van der Waals surface area (Å²) in [5.41, 5.74) is -0.184. The molecule has 0 radical (unpaired) electrons. The third-order valence-electron chi connectivity index (χ3n) is 2.86. The lowest BCUT2D eigenvalue weighted by Crippen LogP contribution is -2.46. The van der Waals surface area contributed by atoms with E-state index >= 15 is 0 Å². The maximum atomic E-state index is 11.6. The van der Waals surface area contributed by atoms with Gasteiger partial charge in [-0.25, -0.2) is 0 Å². The number of halogens is 1. The summed E-state index contributed by atoms with van der Waals surface area (Å²) in [6, 6.07) is 0. The van der Waals surface area contributed by atoms with Gasteiger partial charge in [-0.2, -0.15) is 0 Å². The van der Waals surface area contributed by atoms with E-state index in [0.29, 0.717) is 0 Å². The first-order valence-corrected chi connectivity index (χ1v) is 6.92. The van der Waals surface area contributed by atoms with Gasteiger partial charge in [-0.1, -0.05) is 35.9 Å². The highest BCUT2D eigenvalue weighted by Gasteiger charge is 2.35. The molecule has 1 saturated heterocycles. The van der Waals surface area contributed by atoms with Gasteiger partial charge in [0, 0.05) is 0 Å². The molecule has 0 aromatic heterocycles. The maximum absolute atomic E-state index is 11.6. The van der Waals surface area contributed by atoms with Crippen molar-refractivity contribution in [3.63, 3.8) is 0 Å². The summed E-state index contributed by atoms with van der Waals surface area (Å²) >= 11 is 2.11. The van der Waals surface area contributed by atoms with Gasteiger partial charge in [0.25, 0.3) is 0 Å². The fourth-order valence-corrected chi connectivity index (χ4v) is 2.16. The van der Waals surface area contributed by atoms with Crippen LogP contribution in [0.15, 0.2) is 0 Å². The molecule has 1 N–H and O–H groups in total. The number of carbonyl (C=O) groups is 1. The molecule has 0 amide bonds. The number of carbonyl (C=O) groups excluding carboxylic acids is 1. The van der Waals surface area contributed by atoms with Crippen LogP contribution in [-0.2, 0) is 9.53 Å². The molecule has 0 aliphatic carbocycles. The number of alkyl halides is 1. The SMILES string of the molecule is CCCC1(OC(=O)C(C)I)CCNCC1. The highest BCUT2D eigenvalue weighted by atomic mass is 127. The number of nitrogens with one attached hydrogen (secondary N) is 1. The molecular formula is C11H20INO2. The number of rotatable bonds is 4. The fraction of sp³-hybridized carbons (Fsp3) is 0.909. The number of hydrogen-bond acceptors (Lipinski definition) is 3. The van der Waals surface area contributed by atoms with Crippen LogP contribution in [0.25, 0.3) is 0 Å². The van der Waals surface area contributed by atoms with Gasteiger partial charge in [0.05, 0.1) is 0 Å². The van der Waals surface area contributed by atoms with Crippen LogP contribution in [0.5, 0.6) is 0 Å². The van der Waals surface area contributed by atoms with Crippen molar-refractivity contribution >= 4 is 28.6 Å². The van der Waals surface area contributed by atoms with Crippen LogP contribution in [0.1, 0.15) is 39.5 Å². The monoisotopic (exact) mass is 325 g/mol. The molecular weight excluding hydrogens is 305 g/mol. The first-order chi connectivity index (χ1) is 7.09. The molecule has 0 aromatic rings. The zero-order valence-electron chi connectivity index (χ0n) is 9.51. The minimum absolute atomic E-state index is 0.0498. The van der Waals surface area contributed by atoms with Crippen molar-refractivity contribution in [2.45, 2.75) is 49.1 Å². The van der Waals surface area contributed by atoms with Crippen LogP contribution in [0.3, 0.4) is 0 Å². The molecule has 1 aliphatic rings. The summed E-state index contributed by atoms with van der Waals surface area (Å²) in [5.74, 6) is -0.0639. The van der Waals surface area contributed by atoms with Gasteiger partial charge < -0.3 is 10.1 Å². The van der Waals surface area contributed by atoms with Gasteiger partial charge in [-0.05, 0) is 39.3 Å². The summed E-state index contributed by atoms with van der Waals surface area (Å²) in [6.07, 6.45) is 3.97. The van der Waals surface area contributed by atoms with E-state index in [2.05, 4.69) is 34.8 Å². The van der Waals surface area contributed by atoms with Crippen LogP contribution < -0.4 is 5.32 Å². The van der Waals surface area contributed by atoms with E-state index in [1.54, 1.807) is 0 Å². The van der Waals surface area contributed by atoms with Crippen LogP contribution in [0.4, 0.5) is 0 Å². The summed E-state index contributed by atoms with van der Waals surface area (Å²) in [4.78, 5) is 11.6. The molecule has 1 rings (SSSR count). The normalized spacial score (nSPS) is 22.1. The summed E-state index contributed by atoms with van der Waals surface area (Å²) in [5, 5.41) is 3.31. The second-order valence-electron chi connectivity index (χ2n) is 4.22. The Labute approximate surface area is 105 Å². The lowest BCUT2D eigenvalue weighted by molar-refractivity contribution is -0.162. The van der Waals surface area contributed by atoms with E-state index < -0.39 is 0 Å². The molecule has 4 heteroatoms. The zero-order chi connectivity index (χ0) is 11.3. The van der Waals surface area contributed by atoms with Gasteiger partial charge in [-0.3, -0.25) is 4.79 Å². The van der Waals surface area contributed by atoms with Crippen LogP contribution >= 0.6 is 22.6 Å². The molecule has 88 valence electrons. The van der Waals surface area contributed by atoms with E-state index in [-0.39, 0.29) is 15.5 Å². The second kappa shape index (κ2) is 6.03. The Morgan fingerprint density at radius 3 is 2.60 bits per heavy atom. The quantitative estimate of drug-likeness (QED) is 0.490. The average Bonchev–Trinajstić information content (AvgIpc) is 2.19. The first kappa shape index (κ1) is 13.2. The molecule has 0 saturated carbocycles. The van der Waals surface area contributed by atoms with Crippen LogP contribution in [0.2, 0.25) is 0 Å². The van der Waals surface area contributed by atoms with E-state index in [9.17, 15) is 4.79 Å². The molecule has 1 unspecified atom stereocenters. The Kier molecular flexibility index (Phi) is 5.32. The number of hydrogen-bond donors (Lipinski definition) is 1. The van der Waals surface area contributed by atoms with Gasteiger partial charge >= 0.3 is 5.97 Å². The maximum Gasteiger partial charge on any atom is 0.319 e. The molecule has 15 heavy (non-hydrogen) atoms. The first-order valence-electron chi connectivity index (χ1n) is 5.67. The standard InChI is InChI=1S/C11H20INO2/c1-3-4-11(5-7-13-8-6-11)15-10(14)9(2)12/h9,13H,3-8H2,1-2H3. The molecule has 0 spiro atoms. The average molecular weight is 325 g/mol. The molecule has 1 fully saturated rings. The van der Waals surface area contributed by atoms with Gasteiger partial charge in [0.15, 0.2) is 0 Å². The van der Waals surface area contributed by atoms with Crippen molar-refractivity contribution < 1.29 is 9.53 Å². The highest BCUT2D eigenvalue weighted by molar-refractivity contribution is 14.1. The topological polar surface area (TPSA) is 38.3 Å². The van der Waals surface area contributed by atoms with Gasteiger partial charge in [0.2, 0.25) is 0 Å². The minimum atomic E-state index is -0.184. The van der Waals surface area contributed by atoms with E-state index in [0.717, 1.165) is 38.8 Å². The van der Waals surface area contributed by atoms with Crippen LogP contribution in [-0.4, -0.2) is 28.6 Å². The Bertz CT molecular complexity index is 207. The predicted octanol–water partition coefficient (Wildman–Crippen LogP) is 2.28. The lowest BCUT2D eigenvalue weighted by Gasteiger charge is -2.37. The Morgan fingerprint density at radius 1 is 1.53 bits per heavy atom. The van der Waals surface area contributed by atoms with Crippen LogP contribution in [0, 0.1) is 0 Å². The summed E-state index contributed by atoms with van der Waals surface area (Å²) < 4.78 is 5.64. The fourth-order valence-electron chi connectivity index (χ4n) is 2.04. The van der Waals surface area contributed by atoms with Crippen molar-refractivity contribution in [1.82, 2.24) is 5.32 Å². The van der Waals surface area contributed by atoms with Crippen molar-refractivity contribution in [2.24, 2.45) is 0 Å². The second-order valence-corrected chi connectivity index (χ2v) is 6.09. The predicted molar refractivity (Wildman–Crippen MR) is 69.3 cm³/mol. The largest absolute Gasteiger partial charge is 0.458 e. The zero-order valence-corrected chi connectivity index (χ0v) is 11.7. The van der Waals surface area contributed by atoms with E-state index in [4.69, 9.17) is 4.74 Å². The van der Waals surface area contributed by atoms with Gasteiger partial charge in [-0.15, -0.1) is 0 Å². The van der Waals surface area contributed by atoms with E-state index in [1.165, 1.54) is 0 Å². The third-order valence-corrected chi connectivity index (χ3v) is 3.37. The highest BCUT2D eigenvalue weighted by Crippen LogP contribution is 2.29. The molecule has 1 atom stereocenters. The van der Waals surface area contributed by atoms with Crippen molar-refractivity contribution in [1.29, 1.82) is 0 Å². The van der Waals surface area contributed by atoms with Crippen molar-refractivity contribution in [3.8, 4) is 0 Å². The Hall–Kier alpha value is 0.160. The minimum Gasteiger partial charge on any atom is -0.458 e. The smallest absolute Gasteiger partial charge is 0.319 e. The molecule has 1 heterocycles. The number of esters is 1. The van der Waals surface area contributed by atoms with Crippen molar-refractivity contribution in [2.75, 3.05) is 13.1 Å². The van der Waals surface area contributed by atoms with Crippen molar-refractivity contribution in [3.05, 3.63) is 0 Å². The molecule has 3 nitrogen and oxygen atoms in total.